The number of methoxy groups -OCH3 is 2. The van der Waals surface area contributed by atoms with Crippen LogP contribution in [0.4, 0.5) is 0 Å². The number of nitrogens with zero attached hydrogens (tertiary/aromatic N) is 2. The van der Waals surface area contributed by atoms with Crippen LogP contribution in [0.25, 0.3) is 0 Å². The van der Waals surface area contributed by atoms with Gasteiger partial charge in [0, 0.05) is 33.7 Å². The number of hydrogen-bond acceptors (Lipinski definition) is 6. The molecule has 0 bridgehead atoms. The first kappa shape index (κ1) is 13.9. The Bertz CT molecular complexity index is 360. The van der Waals surface area contributed by atoms with Gasteiger partial charge in [0.05, 0.1) is 12.2 Å². The number of rotatable bonds is 8. The number of nitrogens with one attached hydrogen (secondary N) is 1. The second-order valence-corrected chi connectivity index (χ2v) is 5.82. The van der Waals surface area contributed by atoms with Crippen molar-refractivity contribution in [1.29, 1.82) is 0 Å². The van der Waals surface area contributed by atoms with E-state index in [0.717, 1.165) is 49.0 Å². The van der Waals surface area contributed by atoms with Crippen molar-refractivity contribution in [2.75, 3.05) is 27.4 Å². The first-order valence-corrected chi connectivity index (χ1v) is 7.16. The minimum atomic E-state index is 0.0419. The highest BCUT2D eigenvalue weighted by molar-refractivity contribution is 7.11. The normalized spacial score (nSPS) is 17.7. The highest BCUT2D eigenvalue weighted by Gasteiger charge is 2.38. The summed E-state index contributed by atoms with van der Waals surface area (Å²) in [6.45, 7) is 2.33. The average Bonchev–Trinajstić information content (AvgIpc) is 2.77. The van der Waals surface area contributed by atoms with Crippen LogP contribution in [0.3, 0.4) is 0 Å². The summed E-state index contributed by atoms with van der Waals surface area (Å²) in [5.74, 6) is 0. The van der Waals surface area contributed by atoms with Crippen molar-refractivity contribution in [3.63, 3.8) is 0 Å². The van der Waals surface area contributed by atoms with Crippen LogP contribution in [0.5, 0.6) is 0 Å². The minimum Gasteiger partial charge on any atom is -0.383 e. The molecule has 0 aliphatic heterocycles. The van der Waals surface area contributed by atoms with E-state index in [0.29, 0.717) is 0 Å². The zero-order valence-corrected chi connectivity index (χ0v) is 11.9. The molecule has 0 radical (unpaired) electrons. The number of aromatic nitrogens is 2. The molecule has 2 rings (SSSR count). The molecule has 0 atom stereocenters. The maximum absolute atomic E-state index is 5.61. The molecule has 0 amide bonds. The van der Waals surface area contributed by atoms with Crippen molar-refractivity contribution < 1.29 is 9.47 Å². The van der Waals surface area contributed by atoms with Crippen LogP contribution in [0.1, 0.15) is 29.3 Å². The number of hydrogen-bond donors (Lipinski definition) is 1. The van der Waals surface area contributed by atoms with E-state index in [2.05, 4.69) is 15.5 Å². The van der Waals surface area contributed by atoms with E-state index in [9.17, 15) is 0 Å². The van der Waals surface area contributed by atoms with Gasteiger partial charge in [-0.2, -0.15) is 0 Å². The molecule has 1 heterocycles. The molecule has 102 valence electrons. The largest absolute Gasteiger partial charge is 0.383 e. The van der Waals surface area contributed by atoms with E-state index < -0.39 is 0 Å². The summed E-state index contributed by atoms with van der Waals surface area (Å²) in [7, 11) is 3.50. The fourth-order valence-corrected chi connectivity index (χ4v) is 3.05. The second-order valence-electron chi connectivity index (χ2n) is 4.68. The summed E-state index contributed by atoms with van der Waals surface area (Å²) in [6.07, 6.45) is 4.45. The fourth-order valence-electron chi connectivity index (χ4n) is 2.10. The van der Waals surface area contributed by atoms with Gasteiger partial charge in [0.1, 0.15) is 10.0 Å². The zero-order chi connectivity index (χ0) is 12.8. The lowest BCUT2D eigenvalue weighted by Gasteiger charge is -2.39. The maximum Gasteiger partial charge on any atom is 0.131 e. The Morgan fingerprint density at radius 3 is 2.67 bits per heavy atom. The molecule has 1 aliphatic rings. The summed E-state index contributed by atoms with van der Waals surface area (Å²) in [5.41, 5.74) is 0.0419. The van der Waals surface area contributed by atoms with Crippen molar-refractivity contribution >= 4 is 11.3 Å². The minimum absolute atomic E-state index is 0.0419. The van der Waals surface area contributed by atoms with Gasteiger partial charge in [-0.25, -0.2) is 0 Å². The van der Waals surface area contributed by atoms with E-state index in [1.165, 1.54) is 6.42 Å². The molecule has 6 heteroatoms. The third-order valence-corrected chi connectivity index (χ3v) is 4.36. The maximum atomic E-state index is 5.61. The zero-order valence-electron chi connectivity index (χ0n) is 11.1. The van der Waals surface area contributed by atoms with Crippen molar-refractivity contribution in [1.82, 2.24) is 15.5 Å². The molecular weight excluding hydrogens is 250 g/mol. The third-order valence-electron chi connectivity index (χ3n) is 3.44. The Hall–Kier alpha value is -0.560. The lowest BCUT2D eigenvalue weighted by Crippen LogP contribution is -2.41. The van der Waals surface area contributed by atoms with Gasteiger partial charge in [-0.3, -0.25) is 0 Å². The lowest BCUT2D eigenvalue weighted by atomic mass is 9.78. The van der Waals surface area contributed by atoms with Crippen LogP contribution in [-0.2, 0) is 22.4 Å². The van der Waals surface area contributed by atoms with Gasteiger partial charge in [0.15, 0.2) is 0 Å². The Morgan fingerprint density at radius 1 is 1.28 bits per heavy atom. The van der Waals surface area contributed by atoms with Crippen LogP contribution in [-0.4, -0.2) is 43.2 Å². The van der Waals surface area contributed by atoms with Crippen molar-refractivity contribution in [3.8, 4) is 0 Å². The van der Waals surface area contributed by atoms with Crippen LogP contribution in [0, 0.1) is 0 Å². The smallest absolute Gasteiger partial charge is 0.131 e. The summed E-state index contributed by atoms with van der Waals surface area (Å²) < 4.78 is 10.6. The van der Waals surface area contributed by atoms with Gasteiger partial charge in [0.2, 0.25) is 0 Å². The van der Waals surface area contributed by atoms with Gasteiger partial charge >= 0.3 is 0 Å². The predicted octanol–water partition coefficient (Wildman–Crippen LogP) is 1.39. The topological polar surface area (TPSA) is 56.3 Å². The number of ether oxygens (including phenoxy) is 2. The van der Waals surface area contributed by atoms with Crippen LogP contribution in [0.2, 0.25) is 0 Å². The van der Waals surface area contributed by atoms with Gasteiger partial charge in [-0.05, 0) is 19.3 Å². The Morgan fingerprint density at radius 2 is 2.06 bits per heavy atom. The molecule has 1 aromatic rings. The van der Waals surface area contributed by atoms with E-state index in [1.807, 2.05) is 0 Å². The molecule has 1 aliphatic carbocycles. The van der Waals surface area contributed by atoms with Gasteiger partial charge in [-0.1, -0.05) is 0 Å². The SMILES string of the molecule is COCCNCc1nnc(CC2(OC)CCC2)s1. The molecule has 0 spiro atoms. The Labute approximate surface area is 112 Å². The van der Waals surface area contributed by atoms with Gasteiger partial charge < -0.3 is 14.8 Å². The van der Waals surface area contributed by atoms with Crippen molar-refractivity contribution in [3.05, 3.63) is 10.0 Å². The highest BCUT2D eigenvalue weighted by atomic mass is 32.1. The molecule has 0 saturated heterocycles. The van der Waals surface area contributed by atoms with Crippen LogP contribution >= 0.6 is 11.3 Å². The molecule has 18 heavy (non-hydrogen) atoms. The molecule has 1 fully saturated rings. The molecule has 1 aromatic heterocycles. The van der Waals surface area contributed by atoms with Gasteiger partial charge in [-0.15, -0.1) is 21.5 Å². The molecule has 5 nitrogen and oxygen atoms in total. The second kappa shape index (κ2) is 6.56. The van der Waals surface area contributed by atoms with E-state index in [4.69, 9.17) is 9.47 Å². The summed E-state index contributed by atoms with van der Waals surface area (Å²) in [4.78, 5) is 0. The standard InChI is InChI=1S/C12H21N3O2S/c1-16-7-6-13-9-11-15-14-10(18-11)8-12(17-2)4-3-5-12/h13H,3-9H2,1-2H3. The fraction of sp³-hybridized carbons (Fsp3) is 0.833. The molecular formula is C12H21N3O2S. The molecule has 0 aromatic carbocycles. The van der Waals surface area contributed by atoms with Crippen molar-refractivity contribution in [2.45, 2.75) is 37.8 Å². The Kier molecular flexibility index (Phi) is 5.05. The first-order chi connectivity index (χ1) is 8.78. The van der Waals surface area contributed by atoms with E-state index >= 15 is 0 Å². The third kappa shape index (κ3) is 3.47. The summed E-state index contributed by atoms with van der Waals surface area (Å²) >= 11 is 1.68. The van der Waals surface area contributed by atoms with E-state index in [1.54, 1.807) is 25.6 Å². The summed E-state index contributed by atoms with van der Waals surface area (Å²) in [5, 5.41) is 13.8. The Balaban J connectivity index is 1.79. The predicted molar refractivity (Wildman–Crippen MR) is 70.8 cm³/mol. The van der Waals surface area contributed by atoms with Crippen molar-refractivity contribution in [2.24, 2.45) is 0 Å². The van der Waals surface area contributed by atoms with Crippen LogP contribution < -0.4 is 5.32 Å². The summed E-state index contributed by atoms with van der Waals surface area (Å²) in [6, 6.07) is 0. The average molecular weight is 271 g/mol. The first-order valence-electron chi connectivity index (χ1n) is 6.34. The molecule has 1 N–H and O–H groups in total. The van der Waals surface area contributed by atoms with Gasteiger partial charge in [0.25, 0.3) is 0 Å². The lowest BCUT2D eigenvalue weighted by molar-refractivity contribution is -0.0709. The molecule has 1 saturated carbocycles. The van der Waals surface area contributed by atoms with Crippen LogP contribution in [0.15, 0.2) is 0 Å². The molecule has 0 unspecified atom stereocenters. The highest BCUT2D eigenvalue weighted by Crippen LogP contribution is 2.38. The quantitative estimate of drug-likeness (QED) is 0.724. The van der Waals surface area contributed by atoms with E-state index in [-0.39, 0.29) is 5.60 Å². The monoisotopic (exact) mass is 271 g/mol.